The molecule has 1 aliphatic rings. The molecule has 1 amide bonds. The number of hydrogen-bond donors (Lipinski definition) is 0. The van der Waals surface area contributed by atoms with Crippen molar-refractivity contribution >= 4 is 5.91 Å². The number of amides is 1. The zero-order chi connectivity index (χ0) is 18.5. The van der Waals surface area contributed by atoms with Crippen LogP contribution in [0, 0.1) is 6.92 Å². The van der Waals surface area contributed by atoms with Gasteiger partial charge in [0.25, 0.3) is 5.91 Å². The highest BCUT2D eigenvalue weighted by atomic mass is 16.2. The van der Waals surface area contributed by atoms with E-state index in [0.717, 1.165) is 44.7 Å². The molecule has 0 saturated carbocycles. The number of carbonyl (C=O) groups excluding carboxylic acids is 1. The molecule has 1 fully saturated rings. The molecule has 140 valence electrons. The van der Waals surface area contributed by atoms with Gasteiger partial charge in [0.1, 0.15) is 11.6 Å². The first-order chi connectivity index (χ1) is 12.5. The molecule has 7 nitrogen and oxygen atoms in total. The van der Waals surface area contributed by atoms with Crippen LogP contribution in [0.2, 0.25) is 0 Å². The third-order valence-electron chi connectivity index (χ3n) is 4.85. The van der Waals surface area contributed by atoms with E-state index in [4.69, 9.17) is 0 Å². The molecule has 1 aliphatic heterocycles. The van der Waals surface area contributed by atoms with E-state index in [1.807, 2.05) is 18.0 Å². The molecular weight excluding hydrogens is 328 g/mol. The Hall–Kier alpha value is -2.28. The molecule has 0 N–H and O–H groups in total. The van der Waals surface area contributed by atoms with Crippen molar-refractivity contribution in [1.29, 1.82) is 0 Å². The smallest absolute Gasteiger partial charge is 0.257 e. The third-order valence-corrected chi connectivity index (χ3v) is 4.85. The lowest BCUT2D eigenvalue weighted by Crippen LogP contribution is -2.40. The summed E-state index contributed by atoms with van der Waals surface area (Å²) in [5, 5.41) is 0. The Kier molecular flexibility index (Phi) is 5.98. The normalized spacial score (nSPS) is 17.7. The van der Waals surface area contributed by atoms with Crippen LogP contribution in [0.1, 0.15) is 47.2 Å². The second kappa shape index (κ2) is 8.40. The summed E-state index contributed by atoms with van der Waals surface area (Å²) in [6, 6.07) is 0. The number of aromatic nitrogens is 4. The summed E-state index contributed by atoms with van der Waals surface area (Å²) in [5.74, 6) is 2.08. The van der Waals surface area contributed by atoms with E-state index in [2.05, 4.69) is 44.7 Å². The Bertz CT molecular complexity index is 724. The molecule has 0 bridgehead atoms. The van der Waals surface area contributed by atoms with Crippen LogP contribution in [-0.4, -0.2) is 69.0 Å². The molecule has 3 heterocycles. The largest absolute Gasteiger partial charge is 0.338 e. The second-order valence-corrected chi connectivity index (χ2v) is 7.24. The first-order valence-electron chi connectivity index (χ1n) is 9.28. The highest BCUT2D eigenvalue weighted by Gasteiger charge is 2.28. The van der Waals surface area contributed by atoms with Crippen molar-refractivity contribution in [2.75, 3.05) is 33.7 Å². The van der Waals surface area contributed by atoms with Crippen LogP contribution < -0.4 is 0 Å². The van der Waals surface area contributed by atoms with E-state index in [-0.39, 0.29) is 11.8 Å². The number of nitrogens with zero attached hydrogens (tertiary/aromatic N) is 6. The van der Waals surface area contributed by atoms with E-state index in [1.54, 1.807) is 12.4 Å². The minimum atomic E-state index is 0.0143. The average molecular weight is 356 g/mol. The Labute approximate surface area is 155 Å². The molecule has 1 atom stereocenters. The van der Waals surface area contributed by atoms with E-state index in [0.29, 0.717) is 17.9 Å². The number of imidazole rings is 1. The second-order valence-electron chi connectivity index (χ2n) is 7.24. The number of hydrogen-bond acceptors (Lipinski definition) is 5. The van der Waals surface area contributed by atoms with Crippen molar-refractivity contribution in [2.45, 2.75) is 38.6 Å². The fourth-order valence-electron chi connectivity index (χ4n) is 3.48. The molecule has 2 aromatic heterocycles. The number of carbonyl (C=O) groups is 1. The van der Waals surface area contributed by atoms with Gasteiger partial charge in [-0.1, -0.05) is 0 Å². The first kappa shape index (κ1) is 18.5. The van der Waals surface area contributed by atoms with Crippen LogP contribution in [0.4, 0.5) is 0 Å². The average Bonchev–Trinajstić information content (AvgIpc) is 3.10. The molecule has 0 unspecified atom stereocenters. The Morgan fingerprint density at radius 3 is 2.77 bits per heavy atom. The minimum Gasteiger partial charge on any atom is -0.338 e. The molecule has 3 rings (SSSR count). The fraction of sp³-hybridized carbons (Fsp3) is 0.579. The van der Waals surface area contributed by atoms with Gasteiger partial charge in [-0.25, -0.2) is 15.0 Å². The maximum atomic E-state index is 12.8. The molecule has 26 heavy (non-hydrogen) atoms. The van der Waals surface area contributed by atoms with Crippen LogP contribution in [-0.2, 0) is 6.54 Å². The monoisotopic (exact) mass is 356 g/mol. The van der Waals surface area contributed by atoms with Crippen LogP contribution in [0.15, 0.2) is 24.8 Å². The van der Waals surface area contributed by atoms with Gasteiger partial charge in [0.2, 0.25) is 0 Å². The third kappa shape index (κ3) is 4.46. The fourth-order valence-corrected chi connectivity index (χ4v) is 3.48. The maximum Gasteiger partial charge on any atom is 0.257 e. The van der Waals surface area contributed by atoms with E-state index in [1.165, 1.54) is 0 Å². The van der Waals surface area contributed by atoms with Gasteiger partial charge in [0, 0.05) is 50.3 Å². The van der Waals surface area contributed by atoms with Gasteiger partial charge >= 0.3 is 0 Å². The number of aryl methyl sites for hydroxylation is 2. The molecule has 2 aromatic rings. The summed E-state index contributed by atoms with van der Waals surface area (Å²) >= 11 is 0. The Morgan fingerprint density at radius 1 is 1.27 bits per heavy atom. The van der Waals surface area contributed by atoms with Gasteiger partial charge in [-0.3, -0.25) is 4.79 Å². The van der Waals surface area contributed by atoms with Gasteiger partial charge in [-0.15, -0.1) is 0 Å². The minimum absolute atomic E-state index is 0.0143. The number of rotatable bonds is 6. The van der Waals surface area contributed by atoms with Crippen molar-refractivity contribution in [3.63, 3.8) is 0 Å². The summed E-state index contributed by atoms with van der Waals surface area (Å²) in [5.41, 5.74) is 0.561. The van der Waals surface area contributed by atoms with Crippen LogP contribution in [0.5, 0.6) is 0 Å². The molecule has 0 spiro atoms. The Balaban J connectivity index is 1.66. The Morgan fingerprint density at radius 2 is 2.04 bits per heavy atom. The maximum absolute atomic E-state index is 12.8. The van der Waals surface area contributed by atoms with E-state index >= 15 is 0 Å². The molecular formula is C19H28N6O. The van der Waals surface area contributed by atoms with Crippen molar-refractivity contribution < 1.29 is 4.79 Å². The molecule has 0 radical (unpaired) electrons. The van der Waals surface area contributed by atoms with Gasteiger partial charge in [-0.05, 0) is 46.8 Å². The summed E-state index contributed by atoms with van der Waals surface area (Å²) in [6.07, 6.45) is 10.3. The zero-order valence-corrected chi connectivity index (χ0v) is 15.9. The van der Waals surface area contributed by atoms with Crippen molar-refractivity contribution in [3.05, 3.63) is 42.0 Å². The van der Waals surface area contributed by atoms with Gasteiger partial charge in [0.05, 0.1) is 5.56 Å². The van der Waals surface area contributed by atoms with Crippen LogP contribution in [0.25, 0.3) is 0 Å². The van der Waals surface area contributed by atoms with Crippen molar-refractivity contribution in [2.24, 2.45) is 0 Å². The van der Waals surface area contributed by atoms with Crippen LogP contribution >= 0.6 is 0 Å². The molecule has 7 heteroatoms. The SMILES string of the molecule is Cc1ncc(C(=O)N2CCC[C@@H](c3nccn3CCCN(C)C)C2)cn1. The standard InChI is InChI=1S/C19H28N6O/c1-15-21-12-17(13-22-15)19(26)25-9-4-6-16(14-25)18-20-7-11-24(18)10-5-8-23(2)3/h7,11-13,16H,4-6,8-10,14H2,1-3H3/t16-/m1/s1. The van der Waals surface area contributed by atoms with Gasteiger partial charge < -0.3 is 14.4 Å². The van der Waals surface area contributed by atoms with E-state index in [9.17, 15) is 4.79 Å². The predicted octanol–water partition coefficient (Wildman–Crippen LogP) is 1.95. The quantitative estimate of drug-likeness (QED) is 0.791. The van der Waals surface area contributed by atoms with Crippen molar-refractivity contribution in [1.82, 2.24) is 29.3 Å². The van der Waals surface area contributed by atoms with Crippen LogP contribution in [0.3, 0.4) is 0 Å². The van der Waals surface area contributed by atoms with Crippen molar-refractivity contribution in [3.8, 4) is 0 Å². The molecule has 1 saturated heterocycles. The lowest BCUT2D eigenvalue weighted by Gasteiger charge is -2.32. The summed E-state index contributed by atoms with van der Waals surface area (Å²) in [7, 11) is 4.18. The zero-order valence-electron chi connectivity index (χ0n) is 15.9. The first-order valence-corrected chi connectivity index (χ1v) is 9.28. The lowest BCUT2D eigenvalue weighted by molar-refractivity contribution is 0.0702. The lowest BCUT2D eigenvalue weighted by atomic mass is 9.96. The highest BCUT2D eigenvalue weighted by Crippen LogP contribution is 2.27. The molecule has 0 aromatic carbocycles. The number of piperidine rings is 1. The summed E-state index contributed by atoms with van der Waals surface area (Å²) in [4.78, 5) is 29.8. The van der Waals surface area contributed by atoms with E-state index < -0.39 is 0 Å². The molecule has 0 aliphatic carbocycles. The van der Waals surface area contributed by atoms with Gasteiger partial charge in [-0.2, -0.15) is 0 Å². The number of likely N-dealkylation sites (tertiary alicyclic amines) is 1. The summed E-state index contributed by atoms with van der Waals surface area (Å²) in [6.45, 7) is 5.33. The highest BCUT2D eigenvalue weighted by molar-refractivity contribution is 5.93. The summed E-state index contributed by atoms with van der Waals surface area (Å²) < 4.78 is 2.25. The predicted molar refractivity (Wildman–Crippen MR) is 100 cm³/mol. The van der Waals surface area contributed by atoms with Gasteiger partial charge in [0.15, 0.2) is 0 Å². The topological polar surface area (TPSA) is 67.2 Å².